The third kappa shape index (κ3) is 4.75. The number of nitrogens with zero attached hydrogens (tertiary/aromatic N) is 1. The quantitative estimate of drug-likeness (QED) is 0.599. The molecule has 1 aliphatic carbocycles. The Morgan fingerprint density at radius 1 is 1.11 bits per heavy atom. The smallest absolute Gasteiger partial charge is 0.407 e. The van der Waals surface area contributed by atoms with Crippen molar-refractivity contribution in [3.8, 4) is 11.1 Å². The number of hydrogen-bond acceptors (Lipinski definition) is 5. The molecule has 8 heteroatoms. The van der Waals surface area contributed by atoms with Crippen molar-refractivity contribution >= 4 is 18.0 Å². The highest BCUT2D eigenvalue weighted by Gasteiger charge is 2.48. The first-order valence-corrected chi connectivity index (χ1v) is 11.9. The number of rotatable bonds is 8. The van der Waals surface area contributed by atoms with E-state index in [1.807, 2.05) is 43.3 Å². The summed E-state index contributed by atoms with van der Waals surface area (Å²) in [6.45, 7) is 4.29. The predicted octanol–water partition coefficient (Wildman–Crippen LogP) is 3.50. The van der Waals surface area contributed by atoms with Crippen molar-refractivity contribution in [3.63, 3.8) is 0 Å². The summed E-state index contributed by atoms with van der Waals surface area (Å²) < 4.78 is 10.7. The van der Waals surface area contributed by atoms with Crippen molar-refractivity contribution in [3.05, 3.63) is 59.7 Å². The number of carboxylic acid groups (broad SMARTS) is 1. The van der Waals surface area contributed by atoms with Gasteiger partial charge in [-0.05, 0) is 35.1 Å². The number of amides is 2. The van der Waals surface area contributed by atoms with Crippen LogP contribution >= 0.6 is 0 Å². The minimum atomic E-state index is -1.02. The van der Waals surface area contributed by atoms with Gasteiger partial charge in [-0.1, -0.05) is 55.5 Å². The van der Waals surface area contributed by atoms with Gasteiger partial charge in [-0.2, -0.15) is 0 Å². The molecule has 35 heavy (non-hydrogen) atoms. The van der Waals surface area contributed by atoms with E-state index < -0.39 is 23.5 Å². The van der Waals surface area contributed by atoms with Crippen molar-refractivity contribution in [2.24, 2.45) is 11.3 Å². The maximum absolute atomic E-state index is 13.2. The van der Waals surface area contributed by atoms with E-state index in [4.69, 9.17) is 9.47 Å². The van der Waals surface area contributed by atoms with Crippen LogP contribution in [0.3, 0.4) is 0 Å². The Morgan fingerprint density at radius 3 is 2.26 bits per heavy atom. The zero-order valence-electron chi connectivity index (χ0n) is 20.3. The van der Waals surface area contributed by atoms with Gasteiger partial charge in [0.1, 0.15) is 12.6 Å². The van der Waals surface area contributed by atoms with Crippen LogP contribution in [0.1, 0.15) is 37.3 Å². The van der Waals surface area contributed by atoms with Crippen LogP contribution in [0.5, 0.6) is 0 Å². The van der Waals surface area contributed by atoms with Crippen LogP contribution in [0.25, 0.3) is 11.1 Å². The number of aliphatic carboxylic acids is 1. The van der Waals surface area contributed by atoms with E-state index in [0.717, 1.165) is 22.3 Å². The van der Waals surface area contributed by atoms with Crippen LogP contribution in [-0.2, 0) is 19.1 Å². The summed E-state index contributed by atoms with van der Waals surface area (Å²) in [7, 11) is 1.52. The molecule has 3 atom stereocenters. The lowest BCUT2D eigenvalue weighted by Crippen LogP contribution is -2.49. The molecule has 186 valence electrons. The standard InChI is InChI=1S/C27H32N2O6/c1-17-14-29(16-27(17,2)25(31)32)24(30)23(12-13-34-3)28-26(33)35-15-22-20-10-6-4-8-18(20)19-9-5-7-11-21(19)22/h4-11,17,22-23H,12-16H2,1-3H3,(H,28,33)(H,31,32). The minimum absolute atomic E-state index is 0.0861. The molecule has 0 bridgehead atoms. The lowest BCUT2D eigenvalue weighted by molar-refractivity contribution is -0.149. The van der Waals surface area contributed by atoms with Crippen molar-refractivity contribution in [1.29, 1.82) is 0 Å². The minimum Gasteiger partial charge on any atom is -0.481 e. The number of likely N-dealkylation sites (tertiary alicyclic amines) is 1. The molecule has 1 fully saturated rings. The molecular formula is C27H32N2O6. The fraction of sp³-hybridized carbons (Fsp3) is 0.444. The monoisotopic (exact) mass is 480 g/mol. The largest absolute Gasteiger partial charge is 0.481 e. The summed E-state index contributed by atoms with van der Waals surface area (Å²) in [5, 5.41) is 12.3. The maximum Gasteiger partial charge on any atom is 0.407 e. The second-order valence-corrected chi connectivity index (χ2v) is 9.65. The Hall–Kier alpha value is -3.39. The van der Waals surface area contributed by atoms with Crippen molar-refractivity contribution in [2.75, 3.05) is 33.4 Å². The second kappa shape index (κ2) is 10.1. The average molecular weight is 481 g/mol. The second-order valence-electron chi connectivity index (χ2n) is 9.65. The topological polar surface area (TPSA) is 105 Å². The van der Waals surface area contributed by atoms with E-state index in [1.54, 1.807) is 6.92 Å². The summed E-state index contributed by atoms with van der Waals surface area (Å²) in [6.07, 6.45) is -0.427. The molecule has 1 saturated heterocycles. The Bertz CT molecular complexity index is 1070. The first kappa shape index (κ1) is 24.7. The van der Waals surface area contributed by atoms with Gasteiger partial charge >= 0.3 is 12.1 Å². The highest BCUT2D eigenvalue weighted by molar-refractivity contribution is 5.87. The molecule has 0 saturated carbocycles. The molecule has 2 aliphatic rings. The summed E-state index contributed by atoms with van der Waals surface area (Å²) in [5.41, 5.74) is 3.45. The van der Waals surface area contributed by atoms with Gasteiger partial charge in [0, 0.05) is 39.1 Å². The Labute approximate surface area is 205 Å². The van der Waals surface area contributed by atoms with Gasteiger partial charge in [0.25, 0.3) is 0 Å². The molecule has 0 spiro atoms. The number of methoxy groups -OCH3 is 1. The molecule has 1 aliphatic heterocycles. The van der Waals surface area contributed by atoms with Crippen molar-refractivity contribution in [2.45, 2.75) is 32.2 Å². The summed E-state index contributed by atoms with van der Waals surface area (Å²) in [6, 6.07) is 15.3. The maximum atomic E-state index is 13.2. The number of benzene rings is 2. The van der Waals surface area contributed by atoms with E-state index in [1.165, 1.54) is 12.0 Å². The normalized spacial score (nSPS) is 21.8. The predicted molar refractivity (Wildman–Crippen MR) is 130 cm³/mol. The molecular weight excluding hydrogens is 448 g/mol. The SMILES string of the molecule is COCCC(NC(=O)OCC1c2ccccc2-c2ccccc21)C(=O)N1CC(C)C(C)(C(=O)O)C1. The van der Waals surface area contributed by atoms with Gasteiger partial charge in [0.2, 0.25) is 5.91 Å². The number of nitrogens with one attached hydrogen (secondary N) is 1. The number of alkyl carbamates (subject to hydrolysis) is 1. The first-order chi connectivity index (χ1) is 16.8. The molecule has 3 unspecified atom stereocenters. The molecule has 4 rings (SSSR count). The van der Waals surface area contributed by atoms with E-state index in [9.17, 15) is 19.5 Å². The molecule has 0 aromatic heterocycles. The van der Waals surface area contributed by atoms with Gasteiger partial charge in [0.05, 0.1) is 5.41 Å². The van der Waals surface area contributed by atoms with Gasteiger partial charge in [-0.25, -0.2) is 4.79 Å². The Morgan fingerprint density at radius 2 is 1.71 bits per heavy atom. The Balaban J connectivity index is 1.43. The Kier molecular flexibility index (Phi) is 7.12. The van der Waals surface area contributed by atoms with E-state index in [2.05, 4.69) is 17.4 Å². The molecule has 2 N–H and O–H groups in total. The third-order valence-corrected chi connectivity index (χ3v) is 7.45. The van der Waals surface area contributed by atoms with Crippen LogP contribution in [0.4, 0.5) is 4.79 Å². The van der Waals surface area contributed by atoms with Crippen LogP contribution < -0.4 is 5.32 Å². The third-order valence-electron chi connectivity index (χ3n) is 7.45. The number of carbonyl (C=O) groups excluding carboxylic acids is 2. The van der Waals surface area contributed by atoms with Gasteiger partial charge in [-0.15, -0.1) is 0 Å². The van der Waals surface area contributed by atoms with E-state index in [-0.39, 0.29) is 43.9 Å². The highest BCUT2D eigenvalue weighted by atomic mass is 16.5. The summed E-state index contributed by atoms with van der Waals surface area (Å²) >= 11 is 0. The number of fused-ring (bicyclic) bond motifs is 3. The zero-order valence-corrected chi connectivity index (χ0v) is 20.3. The molecule has 8 nitrogen and oxygen atoms in total. The summed E-state index contributed by atoms with van der Waals surface area (Å²) in [5.74, 6) is -1.55. The highest BCUT2D eigenvalue weighted by Crippen LogP contribution is 2.44. The molecule has 2 amide bonds. The van der Waals surface area contributed by atoms with Gasteiger partial charge in [-0.3, -0.25) is 9.59 Å². The number of carbonyl (C=O) groups is 3. The van der Waals surface area contributed by atoms with Crippen LogP contribution in [-0.4, -0.2) is 67.4 Å². The molecule has 2 aromatic rings. The molecule has 2 aromatic carbocycles. The number of ether oxygens (including phenoxy) is 2. The number of carboxylic acids is 1. The van der Waals surface area contributed by atoms with Gasteiger partial charge in [0.15, 0.2) is 0 Å². The lowest BCUT2D eigenvalue weighted by atomic mass is 9.81. The van der Waals surface area contributed by atoms with E-state index >= 15 is 0 Å². The fourth-order valence-corrected chi connectivity index (χ4v) is 5.09. The molecule has 0 radical (unpaired) electrons. The first-order valence-electron chi connectivity index (χ1n) is 11.9. The van der Waals surface area contributed by atoms with Crippen molar-refractivity contribution in [1.82, 2.24) is 10.2 Å². The average Bonchev–Trinajstić information content (AvgIpc) is 3.34. The molecule has 1 heterocycles. The zero-order chi connectivity index (χ0) is 25.2. The van der Waals surface area contributed by atoms with Crippen molar-refractivity contribution < 1.29 is 29.0 Å². The van der Waals surface area contributed by atoms with E-state index in [0.29, 0.717) is 6.54 Å². The lowest BCUT2D eigenvalue weighted by Gasteiger charge is -2.26. The fourth-order valence-electron chi connectivity index (χ4n) is 5.09. The van der Waals surface area contributed by atoms with Gasteiger partial charge < -0.3 is 24.8 Å². The van der Waals surface area contributed by atoms with Crippen LogP contribution in [0.2, 0.25) is 0 Å². The van der Waals surface area contributed by atoms with Crippen LogP contribution in [0, 0.1) is 11.3 Å². The van der Waals surface area contributed by atoms with Crippen LogP contribution in [0.15, 0.2) is 48.5 Å². The number of hydrogen-bond donors (Lipinski definition) is 2. The summed E-state index contributed by atoms with van der Waals surface area (Å²) in [4.78, 5) is 39.3.